The number of aliphatic hydroxyl groups excluding tert-OH is 1. The first-order valence-electron chi connectivity index (χ1n) is 4.99. The molecule has 0 radical (unpaired) electrons. The third kappa shape index (κ3) is 3.00. The van der Waals surface area contributed by atoms with Crippen LogP contribution in [0.1, 0.15) is 31.9 Å². The maximum atomic E-state index is 9.90. The normalized spacial score (nSPS) is 14.8. The second kappa shape index (κ2) is 4.97. The molecule has 1 heteroatoms. The molecular weight excluding hydrogens is 172 g/mol. The summed E-state index contributed by atoms with van der Waals surface area (Å²) in [5.41, 5.74) is 2.11. The minimum Gasteiger partial charge on any atom is -0.388 e. The van der Waals surface area contributed by atoms with Gasteiger partial charge < -0.3 is 5.11 Å². The second-order valence-corrected chi connectivity index (χ2v) is 3.91. The molecule has 0 bridgehead atoms. The van der Waals surface area contributed by atoms with E-state index in [0.717, 1.165) is 17.6 Å². The van der Waals surface area contributed by atoms with Crippen molar-refractivity contribution in [2.75, 3.05) is 0 Å². The Hall–Kier alpha value is -1.08. The molecule has 0 heterocycles. The monoisotopic (exact) mass is 190 g/mol. The van der Waals surface area contributed by atoms with E-state index < -0.39 is 0 Å². The molecule has 1 nitrogen and oxygen atoms in total. The van der Waals surface area contributed by atoms with Crippen molar-refractivity contribution in [3.05, 3.63) is 48.0 Å². The zero-order valence-corrected chi connectivity index (χ0v) is 8.90. The van der Waals surface area contributed by atoms with Gasteiger partial charge in [0, 0.05) is 0 Å². The highest BCUT2D eigenvalue weighted by atomic mass is 16.3. The Morgan fingerprint density at radius 1 is 1.36 bits per heavy atom. The number of allylic oxidation sites excluding steroid dienone is 1. The summed E-state index contributed by atoms with van der Waals surface area (Å²) < 4.78 is 0. The Kier molecular flexibility index (Phi) is 3.90. The SMILES string of the molecule is C=C(C)[C@H](C)C[C@@H](O)c1ccccc1. The van der Waals surface area contributed by atoms with E-state index in [4.69, 9.17) is 0 Å². The molecule has 0 saturated heterocycles. The average molecular weight is 190 g/mol. The molecular formula is C13H18O. The fourth-order valence-corrected chi connectivity index (χ4v) is 1.35. The van der Waals surface area contributed by atoms with Crippen LogP contribution in [0.5, 0.6) is 0 Å². The number of hydrogen-bond donors (Lipinski definition) is 1. The molecule has 0 aliphatic rings. The van der Waals surface area contributed by atoms with Crippen LogP contribution in [0.25, 0.3) is 0 Å². The number of aliphatic hydroxyl groups is 1. The van der Waals surface area contributed by atoms with Gasteiger partial charge in [-0.15, -0.1) is 0 Å². The predicted octanol–water partition coefficient (Wildman–Crippen LogP) is 3.32. The van der Waals surface area contributed by atoms with Crippen LogP contribution in [-0.4, -0.2) is 5.11 Å². The molecule has 0 aliphatic heterocycles. The maximum absolute atomic E-state index is 9.90. The van der Waals surface area contributed by atoms with Crippen LogP contribution in [0.2, 0.25) is 0 Å². The smallest absolute Gasteiger partial charge is 0.0795 e. The molecule has 1 aromatic rings. The largest absolute Gasteiger partial charge is 0.388 e. The summed E-state index contributed by atoms with van der Waals surface area (Å²) in [5, 5.41) is 9.90. The van der Waals surface area contributed by atoms with Crippen molar-refractivity contribution in [2.45, 2.75) is 26.4 Å². The lowest BCUT2D eigenvalue weighted by molar-refractivity contribution is 0.154. The Bertz CT molecular complexity index is 289. The van der Waals surface area contributed by atoms with E-state index in [-0.39, 0.29) is 6.10 Å². The van der Waals surface area contributed by atoms with Crippen LogP contribution in [0.4, 0.5) is 0 Å². The first kappa shape index (κ1) is 11.0. The summed E-state index contributed by atoms with van der Waals surface area (Å²) in [5.74, 6) is 0.366. The van der Waals surface area contributed by atoms with Gasteiger partial charge in [-0.25, -0.2) is 0 Å². The van der Waals surface area contributed by atoms with Crippen molar-refractivity contribution in [3.63, 3.8) is 0 Å². The summed E-state index contributed by atoms with van der Waals surface area (Å²) in [6, 6.07) is 9.76. The Morgan fingerprint density at radius 3 is 2.43 bits per heavy atom. The van der Waals surface area contributed by atoms with Crippen LogP contribution >= 0.6 is 0 Å². The molecule has 14 heavy (non-hydrogen) atoms. The molecule has 76 valence electrons. The molecule has 1 rings (SSSR count). The van der Waals surface area contributed by atoms with Crippen molar-refractivity contribution < 1.29 is 5.11 Å². The first-order valence-corrected chi connectivity index (χ1v) is 4.99. The summed E-state index contributed by atoms with van der Waals surface area (Å²) in [6.45, 7) is 7.98. The maximum Gasteiger partial charge on any atom is 0.0795 e. The van der Waals surface area contributed by atoms with Gasteiger partial charge in [0.25, 0.3) is 0 Å². The van der Waals surface area contributed by atoms with E-state index >= 15 is 0 Å². The fourth-order valence-electron chi connectivity index (χ4n) is 1.35. The zero-order valence-electron chi connectivity index (χ0n) is 8.90. The van der Waals surface area contributed by atoms with Crippen molar-refractivity contribution in [2.24, 2.45) is 5.92 Å². The van der Waals surface area contributed by atoms with Gasteiger partial charge >= 0.3 is 0 Å². The average Bonchev–Trinajstić information content (AvgIpc) is 2.19. The topological polar surface area (TPSA) is 20.2 Å². The molecule has 0 aliphatic carbocycles. The van der Waals surface area contributed by atoms with Gasteiger partial charge in [0.05, 0.1) is 6.10 Å². The van der Waals surface area contributed by atoms with E-state index in [1.54, 1.807) is 0 Å². The van der Waals surface area contributed by atoms with E-state index in [2.05, 4.69) is 13.5 Å². The molecule has 2 atom stereocenters. The Balaban J connectivity index is 2.59. The molecule has 0 fully saturated rings. The van der Waals surface area contributed by atoms with Crippen molar-refractivity contribution in [3.8, 4) is 0 Å². The molecule has 0 unspecified atom stereocenters. The van der Waals surface area contributed by atoms with Gasteiger partial charge in [-0.3, -0.25) is 0 Å². The van der Waals surface area contributed by atoms with Gasteiger partial charge in [-0.1, -0.05) is 49.4 Å². The molecule has 1 aromatic carbocycles. The lowest BCUT2D eigenvalue weighted by atomic mass is 9.94. The minimum atomic E-state index is -0.372. The predicted molar refractivity (Wildman–Crippen MR) is 60.0 cm³/mol. The van der Waals surface area contributed by atoms with Crippen LogP contribution in [0.3, 0.4) is 0 Å². The van der Waals surface area contributed by atoms with Gasteiger partial charge in [0.1, 0.15) is 0 Å². The summed E-state index contributed by atoms with van der Waals surface area (Å²) in [6.07, 6.45) is 0.377. The van der Waals surface area contributed by atoms with Crippen LogP contribution in [-0.2, 0) is 0 Å². The lowest BCUT2D eigenvalue weighted by Crippen LogP contribution is -2.04. The van der Waals surface area contributed by atoms with Crippen molar-refractivity contribution >= 4 is 0 Å². The molecule has 0 amide bonds. The van der Waals surface area contributed by atoms with E-state index in [0.29, 0.717) is 5.92 Å². The number of benzene rings is 1. The van der Waals surface area contributed by atoms with Gasteiger partial charge in [0.15, 0.2) is 0 Å². The van der Waals surface area contributed by atoms with Crippen LogP contribution < -0.4 is 0 Å². The highest BCUT2D eigenvalue weighted by Crippen LogP contribution is 2.24. The third-order valence-electron chi connectivity index (χ3n) is 2.60. The Morgan fingerprint density at radius 2 is 1.93 bits per heavy atom. The summed E-state index contributed by atoms with van der Waals surface area (Å²) in [7, 11) is 0. The molecule has 0 spiro atoms. The molecule has 1 N–H and O–H groups in total. The van der Waals surface area contributed by atoms with E-state index in [1.807, 2.05) is 37.3 Å². The second-order valence-electron chi connectivity index (χ2n) is 3.91. The molecule has 0 aromatic heterocycles. The van der Waals surface area contributed by atoms with Gasteiger partial charge in [-0.05, 0) is 24.8 Å². The highest BCUT2D eigenvalue weighted by Gasteiger charge is 2.11. The zero-order chi connectivity index (χ0) is 10.6. The van der Waals surface area contributed by atoms with Crippen molar-refractivity contribution in [1.29, 1.82) is 0 Å². The van der Waals surface area contributed by atoms with Crippen LogP contribution in [0, 0.1) is 5.92 Å². The number of hydrogen-bond acceptors (Lipinski definition) is 1. The lowest BCUT2D eigenvalue weighted by Gasteiger charge is -2.16. The minimum absolute atomic E-state index is 0.366. The first-order chi connectivity index (χ1) is 6.61. The van der Waals surface area contributed by atoms with Crippen LogP contribution in [0.15, 0.2) is 42.5 Å². The van der Waals surface area contributed by atoms with Gasteiger partial charge in [0.2, 0.25) is 0 Å². The standard InChI is InChI=1S/C13H18O/c1-10(2)11(3)9-13(14)12-7-5-4-6-8-12/h4-8,11,13-14H,1,9H2,2-3H3/t11-,13-/m1/s1. The van der Waals surface area contributed by atoms with E-state index in [1.165, 1.54) is 0 Å². The third-order valence-corrected chi connectivity index (χ3v) is 2.60. The fraction of sp³-hybridized carbons (Fsp3) is 0.385. The highest BCUT2D eigenvalue weighted by molar-refractivity contribution is 5.17. The Labute approximate surface area is 86.1 Å². The summed E-state index contributed by atoms with van der Waals surface area (Å²) in [4.78, 5) is 0. The van der Waals surface area contributed by atoms with Gasteiger partial charge in [-0.2, -0.15) is 0 Å². The molecule has 0 saturated carbocycles. The quantitative estimate of drug-likeness (QED) is 0.722. The van der Waals surface area contributed by atoms with E-state index in [9.17, 15) is 5.11 Å². The summed E-state index contributed by atoms with van der Waals surface area (Å²) >= 11 is 0. The number of rotatable bonds is 4. The van der Waals surface area contributed by atoms with Crippen molar-refractivity contribution in [1.82, 2.24) is 0 Å².